The van der Waals surface area contributed by atoms with E-state index in [2.05, 4.69) is 15.6 Å². The van der Waals surface area contributed by atoms with Crippen molar-refractivity contribution in [3.63, 3.8) is 0 Å². The fourth-order valence-electron chi connectivity index (χ4n) is 2.98. The summed E-state index contributed by atoms with van der Waals surface area (Å²) in [6.45, 7) is 2.00. The Bertz CT molecular complexity index is 584. The van der Waals surface area contributed by atoms with Crippen LogP contribution in [0.15, 0.2) is 16.8 Å². The second-order valence-electron chi connectivity index (χ2n) is 6.44. The van der Waals surface area contributed by atoms with Gasteiger partial charge in [-0.2, -0.15) is 0 Å². The van der Waals surface area contributed by atoms with Crippen molar-refractivity contribution in [1.82, 2.24) is 10.6 Å². The number of rotatable bonds is 9. The average molecular weight is 367 g/mol. The lowest BCUT2D eigenvalue weighted by Gasteiger charge is -2.23. The van der Waals surface area contributed by atoms with Crippen molar-refractivity contribution in [1.29, 1.82) is 0 Å². The van der Waals surface area contributed by atoms with Crippen LogP contribution in [-0.2, 0) is 14.4 Å². The monoisotopic (exact) mass is 367 g/mol. The molecule has 9 heteroatoms. The highest BCUT2D eigenvalue weighted by Crippen LogP contribution is 2.25. The van der Waals surface area contributed by atoms with Gasteiger partial charge in [-0.1, -0.05) is 6.42 Å². The summed E-state index contributed by atoms with van der Waals surface area (Å²) >= 11 is 0. The van der Waals surface area contributed by atoms with Gasteiger partial charge in [-0.15, -0.1) is 0 Å². The maximum atomic E-state index is 12.6. The second-order valence-corrected chi connectivity index (χ2v) is 6.44. The van der Waals surface area contributed by atoms with E-state index in [9.17, 15) is 19.5 Å². The second kappa shape index (κ2) is 10.5. The van der Waals surface area contributed by atoms with E-state index in [1.807, 2.05) is 0 Å². The van der Waals surface area contributed by atoms with E-state index < -0.39 is 35.8 Å². The Labute approximate surface area is 153 Å². The first kappa shape index (κ1) is 21.6. The molecule has 0 aromatic rings. The van der Waals surface area contributed by atoms with Gasteiger partial charge in [0.05, 0.1) is 5.92 Å². The number of carbonyl (C=O) groups excluding carboxylic acids is 2. The number of hydrogen-bond acceptors (Lipinski definition) is 6. The number of aliphatic carboxylic acids is 1. The minimum atomic E-state index is -0.917. The number of aliphatic imine (C=N–C) groups is 1. The number of hydrogen-bond donors (Lipinski definition) is 5. The van der Waals surface area contributed by atoms with Crippen LogP contribution < -0.4 is 22.1 Å². The van der Waals surface area contributed by atoms with Crippen molar-refractivity contribution in [3.8, 4) is 0 Å². The summed E-state index contributed by atoms with van der Waals surface area (Å²) < 4.78 is 0. The Morgan fingerprint density at radius 2 is 2.04 bits per heavy atom. The molecule has 9 nitrogen and oxygen atoms in total. The Morgan fingerprint density at radius 3 is 2.58 bits per heavy atom. The van der Waals surface area contributed by atoms with Gasteiger partial charge in [-0.3, -0.25) is 19.4 Å². The Morgan fingerprint density at radius 1 is 1.35 bits per heavy atom. The number of nitrogens with one attached hydrogen (secondary N) is 2. The van der Waals surface area contributed by atoms with E-state index >= 15 is 0 Å². The van der Waals surface area contributed by atoms with Gasteiger partial charge in [0.15, 0.2) is 0 Å². The third kappa shape index (κ3) is 6.47. The van der Waals surface area contributed by atoms with Gasteiger partial charge < -0.3 is 27.2 Å². The quantitative estimate of drug-likeness (QED) is 0.346. The molecular weight excluding hydrogens is 338 g/mol. The molecule has 0 aromatic heterocycles. The van der Waals surface area contributed by atoms with E-state index in [4.69, 9.17) is 11.5 Å². The van der Waals surface area contributed by atoms with Gasteiger partial charge in [-0.25, -0.2) is 0 Å². The van der Waals surface area contributed by atoms with Crippen LogP contribution in [0.2, 0.25) is 0 Å². The summed E-state index contributed by atoms with van der Waals surface area (Å²) in [4.78, 5) is 40.1. The standard InChI is InChI=1S/C17H29N5O4/c1-10(19)9-14(20-2)16(24)22-13(7-4-8-18)15(23)21-12-6-3-5-11(12)17(25)26/h9,11-13H,3-8,18-19H2,1-2H3,(H,21,23)(H,22,24)(H,25,26)/b10-9-,20-14?. The molecule has 1 fully saturated rings. The normalized spacial score (nSPS) is 22.0. The molecule has 3 unspecified atom stereocenters. The summed E-state index contributed by atoms with van der Waals surface area (Å²) in [6, 6.07) is -1.24. The molecule has 0 spiro atoms. The zero-order chi connectivity index (χ0) is 19.7. The van der Waals surface area contributed by atoms with Gasteiger partial charge >= 0.3 is 5.97 Å². The van der Waals surface area contributed by atoms with Crippen LogP contribution in [0.4, 0.5) is 0 Å². The molecular formula is C17H29N5O4. The lowest BCUT2D eigenvalue weighted by Crippen LogP contribution is -2.52. The van der Waals surface area contributed by atoms with E-state index in [1.165, 1.54) is 13.1 Å². The van der Waals surface area contributed by atoms with Gasteiger partial charge in [0, 0.05) is 18.8 Å². The number of carboxylic acids is 1. The van der Waals surface area contributed by atoms with Crippen LogP contribution in [0, 0.1) is 5.92 Å². The number of amides is 2. The molecule has 1 aliphatic carbocycles. The van der Waals surface area contributed by atoms with Crippen molar-refractivity contribution < 1.29 is 19.5 Å². The summed E-state index contributed by atoms with van der Waals surface area (Å²) in [5.74, 6) is -2.44. The molecule has 1 saturated carbocycles. The molecule has 0 aliphatic heterocycles. The predicted molar refractivity (Wildman–Crippen MR) is 98.4 cm³/mol. The van der Waals surface area contributed by atoms with Crippen molar-refractivity contribution in [2.24, 2.45) is 22.4 Å². The van der Waals surface area contributed by atoms with Crippen molar-refractivity contribution in [2.45, 2.75) is 51.1 Å². The highest BCUT2D eigenvalue weighted by Gasteiger charge is 2.35. The first-order valence-electron chi connectivity index (χ1n) is 8.74. The number of carbonyl (C=O) groups is 3. The largest absolute Gasteiger partial charge is 0.481 e. The van der Waals surface area contributed by atoms with Crippen molar-refractivity contribution in [3.05, 3.63) is 11.8 Å². The molecule has 2 amide bonds. The smallest absolute Gasteiger partial charge is 0.308 e. The zero-order valence-electron chi connectivity index (χ0n) is 15.3. The number of allylic oxidation sites excluding steroid dienone is 1. The van der Waals surface area contributed by atoms with Crippen LogP contribution in [0.3, 0.4) is 0 Å². The van der Waals surface area contributed by atoms with E-state index in [1.54, 1.807) is 6.92 Å². The molecule has 1 aliphatic rings. The third-order valence-corrected chi connectivity index (χ3v) is 4.32. The summed E-state index contributed by atoms with van der Waals surface area (Å²) in [5, 5.41) is 14.6. The summed E-state index contributed by atoms with van der Waals surface area (Å²) in [5.41, 5.74) is 11.6. The van der Waals surface area contributed by atoms with Crippen LogP contribution in [0.1, 0.15) is 39.0 Å². The highest BCUT2D eigenvalue weighted by molar-refractivity contribution is 6.43. The number of carboxylic acid groups (broad SMARTS) is 1. The summed E-state index contributed by atoms with van der Waals surface area (Å²) in [6.07, 6.45) is 4.20. The van der Waals surface area contributed by atoms with E-state index in [0.717, 1.165) is 6.42 Å². The predicted octanol–water partition coefficient (Wildman–Crippen LogP) is -0.487. The van der Waals surface area contributed by atoms with Gasteiger partial charge in [0.2, 0.25) is 5.91 Å². The van der Waals surface area contributed by atoms with E-state index in [0.29, 0.717) is 37.9 Å². The molecule has 0 heterocycles. The number of nitrogens with zero attached hydrogens (tertiary/aromatic N) is 1. The molecule has 0 aromatic carbocycles. The molecule has 26 heavy (non-hydrogen) atoms. The fourth-order valence-corrected chi connectivity index (χ4v) is 2.98. The van der Waals surface area contributed by atoms with Crippen LogP contribution in [-0.4, -0.2) is 54.3 Å². The molecule has 1 rings (SSSR count). The van der Waals surface area contributed by atoms with Gasteiger partial charge in [0.25, 0.3) is 5.91 Å². The molecule has 146 valence electrons. The highest BCUT2D eigenvalue weighted by atomic mass is 16.4. The van der Waals surface area contributed by atoms with Gasteiger partial charge in [0.1, 0.15) is 11.8 Å². The lowest BCUT2D eigenvalue weighted by atomic mass is 10.0. The molecule has 0 bridgehead atoms. The molecule has 0 saturated heterocycles. The Balaban J connectivity index is 2.81. The Hall–Kier alpha value is -2.42. The third-order valence-electron chi connectivity index (χ3n) is 4.32. The SMILES string of the molecule is CN=C(/C=C(/C)N)C(=O)NC(CCCN)C(=O)NC1CCCC1C(=O)O. The molecule has 0 radical (unpaired) electrons. The van der Waals surface area contributed by atoms with E-state index in [-0.39, 0.29) is 5.71 Å². The van der Waals surface area contributed by atoms with Gasteiger partial charge in [-0.05, 0) is 45.2 Å². The molecule has 3 atom stereocenters. The minimum absolute atomic E-state index is 0.111. The first-order valence-corrected chi connectivity index (χ1v) is 8.74. The maximum Gasteiger partial charge on any atom is 0.308 e. The van der Waals surface area contributed by atoms with Crippen molar-refractivity contribution in [2.75, 3.05) is 13.6 Å². The summed E-state index contributed by atoms with van der Waals surface area (Å²) in [7, 11) is 1.46. The zero-order valence-corrected chi connectivity index (χ0v) is 15.3. The molecule has 7 N–H and O–H groups in total. The first-order chi connectivity index (χ1) is 12.3. The Kier molecular flexibility index (Phi) is 8.77. The fraction of sp³-hybridized carbons (Fsp3) is 0.647. The van der Waals surface area contributed by atoms with Crippen LogP contribution >= 0.6 is 0 Å². The lowest BCUT2D eigenvalue weighted by molar-refractivity contribution is -0.142. The van der Waals surface area contributed by atoms with Crippen LogP contribution in [0.25, 0.3) is 0 Å². The average Bonchev–Trinajstić information content (AvgIpc) is 3.04. The topological polar surface area (TPSA) is 160 Å². The van der Waals surface area contributed by atoms with Crippen molar-refractivity contribution >= 4 is 23.5 Å². The minimum Gasteiger partial charge on any atom is -0.481 e. The number of nitrogens with two attached hydrogens (primary N) is 2. The van der Waals surface area contributed by atoms with Crippen LogP contribution in [0.5, 0.6) is 0 Å². The maximum absolute atomic E-state index is 12.6.